The number of hydrogen-bond acceptors (Lipinski definition) is 6. The molecule has 0 atom stereocenters. The standard InChI is InChI=1S/C14H16N4O2/c1-9(19)7-10-3-4-11(12(8-10)20-2)17-13-5-6-16-14(15)18-13/h3-6,8H,7H2,1-2H3,(H3,15,16,17,18). The summed E-state index contributed by atoms with van der Waals surface area (Å²) in [6, 6.07) is 7.25. The van der Waals surface area contributed by atoms with Gasteiger partial charge in [0.1, 0.15) is 17.4 Å². The van der Waals surface area contributed by atoms with Crippen LogP contribution >= 0.6 is 0 Å². The van der Waals surface area contributed by atoms with Crippen molar-refractivity contribution in [3.63, 3.8) is 0 Å². The maximum atomic E-state index is 11.1. The van der Waals surface area contributed by atoms with Crippen LogP contribution in [0.1, 0.15) is 12.5 Å². The van der Waals surface area contributed by atoms with E-state index in [1.54, 1.807) is 26.3 Å². The highest BCUT2D eigenvalue weighted by Crippen LogP contribution is 2.28. The van der Waals surface area contributed by atoms with Crippen molar-refractivity contribution in [2.75, 3.05) is 18.2 Å². The summed E-state index contributed by atoms with van der Waals surface area (Å²) in [6.07, 6.45) is 1.96. The maximum Gasteiger partial charge on any atom is 0.221 e. The second-order valence-electron chi connectivity index (χ2n) is 4.34. The molecule has 0 aliphatic rings. The number of carbonyl (C=O) groups is 1. The summed E-state index contributed by atoms with van der Waals surface area (Å²) in [6.45, 7) is 1.56. The van der Waals surface area contributed by atoms with Gasteiger partial charge in [0.15, 0.2) is 0 Å². The summed E-state index contributed by atoms with van der Waals surface area (Å²) in [4.78, 5) is 19.0. The van der Waals surface area contributed by atoms with E-state index in [-0.39, 0.29) is 11.7 Å². The molecule has 0 aliphatic heterocycles. The Morgan fingerprint density at radius 2 is 2.20 bits per heavy atom. The van der Waals surface area contributed by atoms with Crippen molar-refractivity contribution in [1.82, 2.24) is 9.97 Å². The van der Waals surface area contributed by atoms with E-state index in [4.69, 9.17) is 10.5 Å². The van der Waals surface area contributed by atoms with Gasteiger partial charge in [-0.1, -0.05) is 6.07 Å². The number of methoxy groups -OCH3 is 1. The number of hydrogen-bond donors (Lipinski definition) is 2. The quantitative estimate of drug-likeness (QED) is 0.864. The lowest BCUT2D eigenvalue weighted by atomic mass is 10.1. The topological polar surface area (TPSA) is 90.1 Å². The van der Waals surface area contributed by atoms with Crippen LogP contribution in [0.25, 0.3) is 0 Å². The van der Waals surface area contributed by atoms with Gasteiger partial charge in [-0.25, -0.2) is 4.98 Å². The summed E-state index contributed by atoms with van der Waals surface area (Å²) >= 11 is 0. The number of benzene rings is 1. The molecule has 1 heterocycles. The first kappa shape index (κ1) is 13.8. The third-order valence-electron chi connectivity index (χ3n) is 2.66. The molecular formula is C14H16N4O2. The Labute approximate surface area is 117 Å². The molecule has 2 rings (SSSR count). The molecule has 0 unspecified atom stereocenters. The predicted molar refractivity (Wildman–Crippen MR) is 77.1 cm³/mol. The van der Waals surface area contributed by atoms with Crippen molar-refractivity contribution < 1.29 is 9.53 Å². The number of ether oxygens (including phenoxy) is 1. The number of nitrogens with two attached hydrogens (primary N) is 1. The van der Waals surface area contributed by atoms with E-state index >= 15 is 0 Å². The Morgan fingerprint density at radius 1 is 1.40 bits per heavy atom. The zero-order valence-corrected chi connectivity index (χ0v) is 11.4. The van der Waals surface area contributed by atoms with E-state index in [1.807, 2.05) is 18.2 Å². The lowest BCUT2D eigenvalue weighted by molar-refractivity contribution is -0.116. The summed E-state index contributed by atoms with van der Waals surface area (Å²) in [5.74, 6) is 1.52. The minimum Gasteiger partial charge on any atom is -0.495 e. The highest BCUT2D eigenvalue weighted by atomic mass is 16.5. The van der Waals surface area contributed by atoms with Crippen LogP contribution in [-0.2, 0) is 11.2 Å². The van der Waals surface area contributed by atoms with Gasteiger partial charge >= 0.3 is 0 Å². The molecule has 0 aliphatic carbocycles. The average Bonchev–Trinajstić information content (AvgIpc) is 2.40. The van der Waals surface area contributed by atoms with Gasteiger partial charge in [-0.15, -0.1) is 0 Å². The van der Waals surface area contributed by atoms with E-state index in [9.17, 15) is 4.79 Å². The molecule has 0 fully saturated rings. The van der Waals surface area contributed by atoms with Gasteiger partial charge in [-0.3, -0.25) is 4.79 Å². The summed E-state index contributed by atoms with van der Waals surface area (Å²) in [7, 11) is 1.58. The molecule has 2 aromatic rings. The Bertz CT molecular complexity index is 628. The number of nitrogens with one attached hydrogen (secondary N) is 1. The Morgan fingerprint density at radius 3 is 2.85 bits per heavy atom. The molecule has 0 spiro atoms. The zero-order chi connectivity index (χ0) is 14.5. The minimum atomic E-state index is 0.108. The molecule has 1 aromatic heterocycles. The number of carbonyl (C=O) groups excluding carboxylic acids is 1. The third kappa shape index (κ3) is 3.44. The SMILES string of the molecule is COc1cc(CC(C)=O)ccc1Nc1ccnc(N)n1. The molecule has 20 heavy (non-hydrogen) atoms. The molecule has 6 nitrogen and oxygen atoms in total. The van der Waals surface area contributed by atoms with Gasteiger partial charge in [0, 0.05) is 12.6 Å². The molecular weight excluding hydrogens is 256 g/mol. The lowest BCUT2D eigenvalue weighted by Crippen LogP contribution is -2.02. The second kappa shape index (κ2) is 6.01. The number of anilines is 3. The predicted octanol–water partition coefficient (Wildman–Crippen LogP) is 1.94. The molecule has 0 bridgehead atoms. The number of nitrogen functional groups attached to an aromatic ring is 1. The van der Waals surface area contributed by atoms with E-state index in [1.165, 1.54) is 0 Å². The van der Waals surface area contributed by atoms with Gasteiger partial charge in [-0.2, -0.15) is 4.98 Å². The smallest absolute Gasteiger partial charge is 0.221 e. The number of rotatable bonds is 5. The Kier molecular flexibility index (Phi) is 4.14. The third-order valence-corrected chi connectivity index (χ3v) is 2.66. The fourth-order valence-corrected chi connectivity index (χ4v) is 1.82. The summed E-state index contributed by atoms with van der Waals surface area (Å²) in [5.41, 5.74) is 7.18. The molecule has 1 aromatic carbocycles. The Hall–Kier alpha value is -2.63. The van der Waals surface area contributed by atoms with Gasteiger partial charge in [0.05, 0.1) is 12.8 Å². The van der Waals surface area contributed by atoms with Crippen LogP contribution in [0.3, 0.4) is 0 Å². The minimum absolute atomic E-state index is 0.108. The van der Waals surface area contributed by atoms with Crippen LogP contribution < -0.4 is 15.8 Å². The maximum absolute atomic E-state index is 11.1. The Balaban J connectivity index is 2.25. The van der Waals surface area contributed by atoms with Crippen molar-refractivity contribution in [3.05, 3.63) is 36.0 Å². The number of ketones is 1. The number of Topliss-reactive ketones (excluding diaryl/α,β-unsaturated/α-hetero) is 1. The van der Waals surface area contributed by atoms with Crippen molar-refractivity contribution in [2.45, 2.75) is 13.3 Å². The highest BCUT2D eigenvalue weighted by molar-refractivity contribution is 5.79. The monoisotopic (exact) mass is 272 g/mol. The molecule has 0 saturated heterocycles. The first-order chi connectivity index (χ1) is 9.58. The van der Waals surface area contributed by atoms with Gasteiger partial charge in [-0.05, 0) is 30.7 Å². The lowest BCUT2D eigenvalue weighted by Gasteiger charge is -2.12. The molecule has 0 amide bonds. The van der Waals surface area contributed by atoms with Gasteiger partial charge in [0.2, 0.25) is 5.95 Å². The van der Waals surface area contributed by atoms with Crippen LogP contribution in [0, 0.1) is 0 Å². The average molecular weight is 272 g/mol. The van der Waals surface area contributed by atoms with Crippen LogP contribution in [0.5, 0.6) is 5.75 Å². The first-order valence-electron chi connectivity index (χ1n) is 6.10. The van der Waals surface area contributed by atoms with E-state index < -0.39 is 0 Å². The van der Waals surface area contributed by atoms with Crippen LogP contribution in [0.4, 0.5) is 17.5 Å². The second-order valence-corrected chi connectivity index (χ2v) is 4.34. The van der Waals surface area contributed by atoms with E-state index in [2.05, 4.69) is 15.3 Å². The normalized spacial score (nSPS) is 10.1. The summed E-state index contributed by atoms with van der Waals surface area (Å²) < 4.78 is 5.32. The first-order valence-corrected chi connectivity index (χ1v) is 6.10. The van der Waals surface area contributed by atoms with Crippen molar-refractivity contribution in [1.29, 1.82) is 0 Å². The van der Waals surface area contributed by atoms with E-state index in [0.717, 1.165) is 11.3 Å². The number of nitrogens with zero attached hydrogens (tertiary/aromatic N) is 2. The molecule has 6 heteroatoms. The molecule has 3 N–H and O–H groups in total. The van der Waals surface area contributed by atoms with Crippen LogP contribution in [0.2, 0.25) is 0 Å². The molecule has 0 saturated carbocycles. The van der Waals surface area contributed by atoms with Gasteiger partial charge in [0.25, 0.3) is 0 Å². The van der Waals surface area contributed by atoms with Gasteiger partial charge < -0.3 is 15.8 Å². The van der Waals surface area contributed by atoms with Crippen LogP contribution in [0.15, 0.2) is 30.5 Å². The zero-order valence-electron chi connectivity index (χ0n) is 11.4. The molecule has 0 radical (unpaired) electrons. The fourth-order valence-electron chi connectivity index (χ4n) is 1.82. The van der Waals surface area contributed by atoms with Crippen molar-refractivity contribution in [3.8, 4) is 5.75 Å². The van der Waals surface area contributed by atoms with Crippen LogP contribution in [-0.4, -0.2) is 22.9 Å². The van der Waals surface area contributed by atoms with Crippen molar-refractivity contribution >= 4 is 23.2 Å². The number of aromatic nitrogens is 2. The summed E-state index contributed by atoms with van der Waals surface area (Å²) in [5, 5.41) is 3.10. The fraction of sp³-hybridized carbons (Fsp3) is 0.214. The van der Waals surface area contributed by atoms with Crippen molar-refractivity contribution in [2.24, 2.45) is 0 Å². The highest BCUT2D eigenvalue weighted by Gasteiger charge is 2.07. The largest absolute Gasteiger partial charge is 0.495 e. The molecule has 104 valence electrons. The van der Waals surface area contributed by atoms with E-state index in [0.29, 0.717) is 18.0 Å².